The van der Waals surface area contributed by atoms with E-state index in [1.54, 1.807) is 13.2 Å². The molecule has 94 valence electrons. The van der Waals surface area contributed by atoms with E-state index in [0.29, 0.717) is 0 Å². The Labute approximate surface area is 99.8 Å². The molecule has 1 aromatic rings. The first-order valence-corrected chi connectivity index (χ1v) is 5.65. The Kier molecular flexibility index (Phi) is 2.86. The summed E-state index contributed by atoms with van der Waals surface area (Å²) in [5, 5.41) is 0. The zero-order chi connectivity index (χ0) is 12.7. The number of aryl methyl sites for hydroxylation is 1. The van der Waals surface area contributed by atoms with Crippen molar-refractivity contribution in [3.8, 4) is 5.75 Å². The van der Waals surface area contributed by atoms with Gasteiger partial charge in [0.25, 0.3) is 0 Å². The van der Waals surface area contributed by atoms with Crippen LogP contribution in [0.5, 0.6) is 5.75 Å². The van der Waals surface area contributed by atoms with Gasteiger partial charge in [-0.05, 0) is 30.2 Å². The minimum atomic E-state index is -2.56. The molecule has 0 amide bonds. The molecule has 2 rings (SSSR count). The lowest BCUT2D eigenvalue weighted by atomic mass is 9.61. The van der Waals surface area contributed by atoms with Crippen LogP contribution in [0, 0.1) is 6.92 Å². The highest BCUT2D eigenvalue weighted by atomic mass is 19.3. The fourth-order valence-electron chi connectivity index (χ4n) is 2.74. The molecule has 1 aromatic carbocycles. The molecule has 4 heteroatoms. The molecule has 0 atom stereocenters. The summed E-state index contributed by atoms with van der Waals surface area (Å²) >= 11 is 0. The molecule has 0 unspecified atom stereocenters. The third-order valence-corrected chi connectivity index (χ3v) is 3.59. The van der Waals surface area contributed by atoms with Crippen LogP contribution in [0.1, 0.15) is 24.0 Å². The Bertz CT molecular complexity index is 423. The fraction of sp³-hybridized carbons (Fsp3) is 0.538. The average Bonchev–Trinajstić information content (AvgIpc) is 2.25. The van der Waals surface area contributed by atoms with Gasteiger partial charge in [-0.15, -0.1) is 0 Å². The minimum Gasteiger partial charge on any atom is -0.497 e. The summed E-state index contributed by atoms with van der Waals surface area (Å²) in [7, 11) is 1.59. The van der Waals surface area contributed by atoms with Gasteiger partial charge in [0.2, 0.25) is 5.92 Å². The summed E-state index contributed by atoms with van der Waals surface area (Å²) < 4.78 is 31.3. The van der Waals surface area contributed by atoms with Crippen LogP contribution in [0.4, 0.5) is 8.78 Å². The van der Waals surface area contributed by atoms with Gasteiger partial charge in [-0.25, -0.2) is 8.78 Å². The van der Waals surface area contributed by atoms with Crippen LogP contribution in [-0.4, -0.2) is 19.6 Å². The Hall–Kier alpha value is -1.16. The molecule has 0 bridgehead atoms. The zero-order valence-corrected chi connectivity index (χ0v) is 10.1. The lowest BCUT2D eigenvalue weighted by Gasteiger charge is -2.47. The molecule has 0 aromatic heterocycles. The quantitative estimate of drug-likeness (QED) is 0.883. The molecule has 1 aliphatic carbocycles. The summed E-state index contributed by atoms with van der Waals surface area (Å²) in [6.07, 6.45) is -0.298. The maximum Gasteiger partial charge on any atom is 0.250 e. The molecule has 0 heterocycles. The van der Waals surface area contributed by atoms with Crippen LogP contribution >= 0.6 is 0 Å². The summed E-state index contributed by atoms with van der Waals surface area (Å²) in [5.41, 5.74) is 7.03. The fourth-order valence-corrected chi connectivity index (χ4v) is 2.74. The Morgan fingerprint density at radius 3 is 2.41 bits per heavy atom. The average molecular weight is 241 g/mol. The highest BCUT2D eigenvalue weighted by Crippen LogP contribution is 2.53. The normalized spacial score (nSPS) is 20.8. The molecule has 17 heavy (non-hydrogen) atoms. The molecule has 2 nitrogen and oxygen atoms in total. The predicted octanol–water partition coefficient (Wildman–Crippen LogP) is 2.63. The smallest absolute Gasteiger partial charge is 0.250 e. The van der Waals surface area contributed by atoms with E-state index < -0.39 is 11.3 Å². The van der Waals surface area contributed by atoms with E-state index in [0.717, 1.165) is 16.9 Å². The van der Waals surface area contributed by atoms with E-state index in [-0.39, 0.29) is 19.4 Å². The first kappa shape index (κ1) is 12.3. The number of nitrogens with two attached hydrogens (primary N) is 1. The van der Waals surface area contributed by atoms with Crippen molar-refractivity contribution < 1.29 is 13.5 Å². The molecule has 2 N–H and O–H groups in total. The summed E-state index contributed by atoms with van der Waals surface area (Å²) in [4.78, 5) is 0. The number of rotatable bonds is 3. The number of alkyl halides is 2. The molecule has 0 saturated heterocycles. The van der Waals surface area contributed by atoms with Crippen molar-refractivity contribution >= 4 is 0 Å². The van der Waals surface area contributed by atoms with Crippen LogP contribution < -0.4 is 10.5 Å². The molecule has 1 saturated carbocycles. The second-order valence-corrected chi connectivity index (χ2v) is 4.87. The van der Waals surface area contributed by atoms with Crippen molar-refractivity contribution in [2.24, 2.45) is 5.73 Å². The van der Waals surface area contributed by atoms with E-state index in [1.807, 2.05) is 19.1 Å². The molecule has 0 radical (unpaired) electrons. The van der Waals surface area contributed by atoms with Crippen molar-refractivity contribution in [3.63, 3.8) is 0 Å². The number of hydrogen-bond acceptors (Lipinski definition) is 2. The SMILES string of the molecule is COc1ccc(C2(CN)CC(F)(F)C2)c(C)c1. The largest absolute Gasteiger partial charge is 0.497 e. The van der Waals surface area contributed by atoms with Gasteiger partial charge >= 0.3 is 0 Å². The Morgan fingerprint density at radius 1 is 1.35 bits per heavy atom. The number of ether oxygens (including phenoxy) is 1. The Morgan fingerprint density at radius 2 is 2.00 bits per heavy atom. The molecule has 1 aliphatic rings. The van der Waals surface area contributed by atoms with E-state index in [4.69, 9.17) is 10.5 Å². The summed E-state index contributed by atoms with van der Waals surface area (Å²) in [6.45, 7) is 2.17. The first-order chi connectivity index (χ1) is 7.92. The van der Waals surface area contributed by atoms with Crippen molar-refractivity contribution in [2.75, 3.05) is 13.7 Å². The van der Waals surface area contributed by atoms with E-state index in [2.05, 4.69) is 0 Å². The van der Waals surface area contributed by atoms with E-state index in [1.165, 1.54) is 0 Å². The van der Waals surface area contributed by atoms with Gasteiger partial charge in [-0.3, -0.25) is 0 Å². The molecule has 0 aliphatic heterocycles. The minimum absolute atomic E-state index is 0.149. The van der Waals surface area contributed by atoms with Crippen molar-refractivity contribution in [1.82, 2.24) is 0 Å². The molecular formula is C13H17F2NO. The summed E-state index contributed by atoms with van der Waals surface area (Å²) in [5.74, 6) is -1.82. The van der Waals surface area contributed by atoms with Crippen molar-refractivity contribution in [3.05, 3.63) is 29.3 Å². The van der Waals surface area contributed by atoms with Gasteiger partial charge in [0.05, 0.1) is 7.11 Å². The second kappa shape index (κ2) is 3.95. The standard InChI is InChI=1S/C13H17F2NO/c1-9-5-10(17-2)3-4-11(9)12(8-16)6-13(14,15)7-12/h3-5H,6-8,16H2,1-2H3. The van der Waals surface area contributed by atoms with Crippen molar-refractivity contribution in [1.29, 1.82) is 0 Å². The number of halogens is 2. The molecule has 0 spiro atoms. The highest BCUT2D eigenvalue weighted by Gasteiger charge is 2.56. The third kappa shape index (κ3) is 2.02. The van der Waals surface area contributed by atoms with Gasteiger partial charge in [0.15, 0.2) is 0 Å². The third-order valence-electron chi connectivity index (χ3n) is 3.59. The van der Waals surface area contributed by atoms with Crippen LogP contribution in [0.25, 0.3) is 0 Å². The predicted molar refractivity (Wildman–Crippen MR) is 62.6 cm³/mol. The highest BCUT2D eigenvalue weighted by molar-refractivity contribution is 5.42. The molecule has 1 fully saturated rings. The van der Waals surface area contributed by atoms with Gasteiger partial charge in [0.1, 0.15) is 5.75 Å². The number of hydrogen-bond donors (Lipinski definition) is 1. The monoisotopic (exact) mass is 241 g/mol. The lowest BCUT2D eigenvalue weighted by Crippen LogP contribution is -2.54. The van der Waals surface area contributed by atoms with E-state index >= 15 is 0 Å². The lowest BCUT2D eigenvalue weighted by molar-refractivity contribution is -0.123. The molecular weight excluding hydrogens is 224 g/mol. The van der Waals surface area contributed by atoms with Gasteiger partial charge in [-0.1, -0.05) is 6.07 Å². The zero-order valence-electron chi connectivity index (χ0n) is 10.1. The maximum absolute atomic E-state index is 13.1. The van der Waals surface area contributed by atoms with Crippen LogP contribution in [0.3, 0.4) is 0 Å². The van der Waals surface area contributed by atoms with Gasteiger partial charge in [-0.2, -0.15) is 0 Å². The number of methoxy groups -OCH3 is 1. The van der Waals surface area contributed by atoms with E-state index in [9.17, 15) is 8.78 Å². The van der Waals surface area contributed by atoms with Crippen LogP contribution in [-0.2, 0) is 5.41 Å². The first-order valence-electron chi connectivity index (χ1n) is 5.65. The van der Waals surface area contributed by atoms with Crippen LogP contribution in [0.15, 0.2) is 18.2 Å². The number of benzene rings is 1. The van der Waals surface area contributed by atoms with Crippen LogP contribution in [0.2, 0.25) is 0 Å². The second-order valence-electron chi connectivity index (χ2n) is 4.87. The van der Waals surface area contributed by atoms with Gasteiger partial charge in [0, 0.05) is 24.8 Å². The van der Waals surface area contributed by atoms with Gasteiger partial charge < -0.3 is 10.5 Å². The maximum atomic E-state index is 13.1. The summed E-state index contributed by atoms with van der Waals surface area (Å²) in [6, 6.07) is 5.52. The Balaban J connectivity index is 2.33. The van der Waals surface area contributed by atoms with Crippen molar-refractivity contribution in [2.45, 2.75) is 31.1 Å². The topological polar surface area (TPSA) is 35.2 Å².